The second-order valence-corrected chi connectivity index (χ2v) is 19.5. The SMILES string of the molecule is C[Si](O[Si](C)c1c(-c2ccccc2)c(-c2ccccc2)c(-c2ccccc2)c2ccccc12)c1c(-c2ccccc2)c(-c2ccccc2)c(-c2ccccc2)c2ccccc12. The first-order valence-corrected chi connectivity index (χ1v) is 24.8. The second-order valence-electron chi connectivity index (χ2n) is 15.5. The Morgan fingerprint density at radius 3 is 0.721 bits per heavy atom. The van der Waals surface area contributed by atoms with Crippen molar-refractivity contribution in [3.63, 3.8) is 0 Å². The van der Waals surface area contributed by atoms with Gasteiger partial charge in [-0.25, -0.2) is 0 Å². The van der Waals surface area contributed by atoms with E-state index in [0.29, 0.717) is 0 Å². The van der Waals surface area contributed by atoms with Crippen LogP contribution >= 0.6 is 0 Å². The van der Waals surface area contributed by atoms with Crippen molar-refractivity contribution < 1.29 is 4.12 Å². The minimum Gasteiger partial charge on any atom is -0.449 e. The summed E-state index contributed by atoms with van der Waals surface area (Å²) < 4.78 is 7.84. The first-order valence-electron chi connectivity index (χ1n) is 21.0. The minimum atomic E-state index is -1.70. The van der Waals surface area contributed by atoms with Crippen molar-refractivity contribution in [1.82, 2.24) is 0 Å². The lowest BCUT2D eigenvalue weighted by atomic mass is 9.84. The Bertz CT molecular complexity index is 2890. The quantitative estimate of drug-likeness (QED) is 0.125. The molecule has 0 fully saturated rings. The summed E-state index contributed by atoms with van der Waals surface area (Å²) in [5.74, 6) is 0. The Morgan fingerprint density at radius 1 is 0.230 bits per heavy atom. The molecular formula is C58H44OSi2. The fraction of sp³-hybridized carbons (Fsp3) is 0.0345. The van der Waals surface area contributed by atoms with Crippen LogP contribution in [0.25, 0.3) is 88.3 Å². The van der Waals surface area contributed by atoms with Gasteiger partial charge in [-0.2, -0.15) is 0 Å². The lowest BCUT2D eigenvalue weighted by molar-refractivity contribution is 0.622. The molecule has 0 aromatic heterocycles. The van der Waals surface area contributed by atoms with Gasteiger partial charge in [-0.3, -0.25) is 0 Å². The molecule has 0 aliphatic heterocycles. The molecule has 0 bridgehead atoms. The highest BCUT2D eigenvalue weighted by atomic mass is 28.4. The van der Waals surface area contributed by atoms with E-state index in [1.54, 1.807) is 0 Å². The van der Waals surface area contributed by atoms with Crippen LogP contribution in [0.15, 0.2) is 231 Å². The summed E-state index contributed by atoms with van der Waals surface area (Å²) in [5.41, 5.74) is 14.7. The minimum absolute atomic E-state index is 1.20. The van der Waals surface area contributed by atoms with Gasteiger partial charge in [0.2, 0.25) is 18.1 Å². The molecule has 0 saturated carbocycles. The van der Waals surface area contributed by atoms with Gasteiger partial charge in [0, 0.05) is 0 Å². The lowest BCUT2D eigenvalue weighted by Gasteiger charge is -2.29. The van der Waals surface area contributed by atoms with Crippen LogP contribution in [0.4, 0.5) is 0 Å². The number of rotatable bonds is 10. The molecule has 0 heterocycles. The molecule has 0 aliphatic carbocycles. The monoisotopic (exact) mass is 812 g/mol. The van der Waals surface area contributed by atoms with E-state index in [0.717, 1.165) is 0 Å². The topological polar surface area (TPSA) is 9.23 Å². The summed E-state index contributed by atoms with van der Waals surface area (Å²) in [7, 11) is -3.40. The maximum atomic E-state index is 7.84. The van der Waals surface area contributed by atoms with E-state index in [-0.39, 0.29) is 0 Å². The van der Waals surface area contributed by atoms with Crippen molar-refractivity contribution >= 4 is 50.0 Å². The van der Waals surface area contributed by atoms with E-state index in [9.17, 15) is 0 Å². The van der Waals surface area contributed by atoms with Crippen LogP contribution in [0.3, 0.4) is 0 Å². The van der Waals surface area contributed by atoms with Crippen LogP contribution in [0.5, 0.6) is 0 Å². The van der Waals surface area contributed by atoms with E-state index in [1.165, 1.54) is 98.7 Å². The molecule has 1 nitrogen and oxygen atoms in total. The molecule has 10 aromatic rings. The van der Waals surface area contributed by atoms with E-state index >= 15 is 0 Å². The van der Waals surface area contributed by atoms with Gasteiger partial charge >= 0.3 is 0 Å². The van der Waals surface area contributed by atoms with Gasteiger partial charge in [-0.05, 0) is 112 Å². The highest BCUT2D eigenvalue weighted by molar-refractivity contribution is 6.83. The van der Waals surface area contributed by atoms with Gasteiger partial charge in [-0.15, -0.1) is 0 Å². The van der Waals surface area contributed by atoms with E-state index in [2.05, 4.69) is 244 Å². The van der Waals surface area contributed by atoms with Gasteiger partial charge in [0.05, 0.1) is 0 Å². The summed E-state index contributed by atoms with van der Waals surface area (Å²) in [6.07, 6.45) is 0. The third-order valence-electron chi connectivity index (χ3n) is 11.8. The van der Waals surface area contributed by atoms with Crippen LogP contribution in [0.1, 0.15) is 0 Å². The lowest BCUT2D eigenvalue weighted by Crippen LogP contribution is -2.43. The summed E-state index contributed by atoms with van der Waals surface area (Å²) >= 11 is 0. The van der Waals surface area contributed by atoms with Crippen LogP contribution in [0, 0.1) is 0 Å². The maximum Gasteiger partial charge on any atom is 0.232 e. The molecule has 10 rings (SSSR count). The van der Waals surface area contributed by atoms with Crippen LogP contribution < -0.4 is 10.4 Å². The standard InChI is InChI=1S/C58H44OSi2/c1-60(57-49-39-23-21-37-47(49)51(41-25-9-3-10-26-41)53(43-29-13-5-14-30-43)55(57)45-33-17-7-18-34-45)59-61(2)58-50-40-24-22-38-48(50)52(42-27-11-4-12-28-42)54(44-31-15-6-16-32-44)56(58)46-35-19-8-20-36-46/h3-40H,1-2H3. The summed E-state index contributed by atoms with van der Waals surface area (Å²) in [6, 6.07) is 83.8. The molecule has 2 radical (unpaired) electrons. The van der Waals surface area contributed by atoms with Crippen molar-refractivity contribution in [3.8, 4) is 66.8 Å². The normalized spacial score (nSPS) is 11.5. The number of benzene rings is 10. The van der Waals surface area contributed by atoms with E-state index < -0.39 is 18.1 Å². The zero-order chi connectivity index (χ0) is 41.1. The van der Waals surface area contributed by atoms with Gasteiger partial charge in [-0.1, -0.05) is 231 Å². The fourth-order valence-electron chi connectivity index (χ4n) is 9.32. The molecule has 61 heavy (non-hydrogen) atoms. The molecule has 290 valence electrons. The van der Waals surface area contributed by atoms with E-state index in [1.807, 2.05) is 0 Å². The smallest absolute Gasteiger partial charge is 0.232 e. The highest BCUT2D eigenvalue weighted by Gasteiger charge is 2.32. The van der Waals surface area contributed by atoms with Crippen LogP contribution in [0.2, 0.25) is 13.1 Å². The third kappa shape index (κ3) is 7.17. The van der Waals surface area contributed by atoms with Gasteiger partial charge in [0.25, 0.3) is 0 Å². The molecule has 0 aliphatic rings. The molecule has 0 amide bonds. The van der Waals surface area contributed by atoms with Crippen molar-refractivity contribution in [3.05, 3.63) is 231 Å². The summed E-state index contributed by atoms with van der Waals surface area (Å²) in [5, 5.41) is 7.62. The average Bonchev–Trinajstić information content (AvgIpc) is 3.34. The average molecular weight is 813 g/mol. The van der Waals surface area contributed by atoms with Gasteiger partial charge in [0.1, 0.15) is 0 Å². The summed E-state index contributed by atoms with van der Waals surface area (Å²) in [6.45, 7) is 4.76. The maximum absolute atomic E-state index is 7.84. The molecule has 0 N–H and O–H groups in total. The van der Waals surface area contributed by atoms with Crippen molar-refractivity contribution in [2.45, 2.75) is 13.1 Å². The largest absolute Gasteiger partial charge is 0.449 e. The first kappa shape index (κ1) is 38.3. The fourth-order valence-corrected chi connectivity index (χ4v) is 14.4. The zero-order valence-electron chi connectivity index (χ0n) is 34.3. The van der Waals surface area contributed by atoms with Gasteiger partial charge < -0.3 is 4.12 Å². The van der Waals surface area contributed by atoms with Crippen molar-refractivity contribution in [2.24, 2.45) is 0 Å². The molecule has 3 heteroatoms. The molecule has 0 saturated heterocycles. The Morgan fingerprint density at radius 2 is 0.443 bits per heavy atom. The molecule has 0 atom stereocenters. The molecular weight excluding hydrogens is 769 g/mol. The Balaban J connectivity index is 1.26. The first-order chi connectivity index (χ1) is 30.2. The molecule has 0 unspecified atom stereocenters. The van der Waals surface area contributed by atoms with Gasteiger partial charge in [0.15, 0.2) is 0 Å². The predicted octanol–water partition coefficient (Wildman–Crippen LogP) is 14.4. The molecule has 10 aromatic carbocycles. The predicted molar refractivity (Wildman–Crippen MR) is 264 cm³/mol. The van der Waals surface area contributed by atoms with E-state index in [4.69, 9.17) is 4.12 Å². The Labute approximate surface area is 362 Å². The Hall–Kier alpha value is -6.89. The van der Waals surface area contributed by atoms with Crippen LogP contribution in [-0.4, -0.2) is 18.1 Å². The number of hydrogen-bond acceptors (Lipinski definition) is 1. The van der Waals surface area contributed by atoms with Crippen LogP contribution in [-0.2, 0) is 4.12 Å². The second kappa shape index (κ2) is 17.0. The number of hydrogen-bond donors (Lipinski definition) is 0. The summed E-state index contributed by atoms with van der Waals surface area (Å²) in [4.78, 5) is 0. The Kier molecular flexibility index (Phi) is 10.7. The highest BCUT2D eigenvalue weighted by Crippen LogP contribution is 2.46. The zero-order valence-corrected chi connectivity index (χ0v) is 36.3. The van der Waals surface area contributed by atoms with Crippen molar-refractivity contribution in [1.29, 1.82) is 0 Å². The van der Waals surface area contributed by atoms with Crippen molar-refractivity contribution in [2.75, 3.05) is 0 Å². The third-order valence-corrected chi connectivity index (χ3v) is 16.7. The molecule has 0 spiro atoms. The number of fused-ring (bicyclic) bond motifs is 2.